The summed E-state index contributed by atoms with van der Waals surface area (Å²) in [6.45, 7) is 7.18. The predicted molar refractivity (Wildman–Crippen MR) is 89.3 cm³/mol. The maximum absolute atomic E-state index is 12.0. The van der Waals surface area contributed by atoms with E-state index in [-0.39, 0.29) is 18.8 Å². The molecule has 1 saturated carbocycles. The zero-order valence-corrected chi connectivity index (χ0v) is 14.9. The first-order chi connectivity index (χ1) is 11.4. The van der Waals surface area contributed by atoms with Gasteiger partial charge in [0.15, 0.2) is 6.79 Å². The zero-order valence-electron chi connectivity index (χ0n) is 14.9. The molecule has 1 aromatic rings. The quantitative estimate of drug-likeness (QED) is 0.773. The van der Waals surface area contributed by atoms with Crippen molar-refractivity contribution in [2.75, 3.05) is 27.0 Å². The van der Waals surface area contributed by atoms with Crippen LogP contribution in [0.25, 0.3) is 0 Å². The third-order valence-corrected chi connectivity index (χ3v) is 4.16. The van der Waals surface area contributed by atoms with Crippen LogP contribution >= 0.6 is 0 Å². The van der Waals surface area contributed by atoms with Crippen LogP contribution < -0.4 is 4.74 Å². The van der Waals surface area contributed by atoms with Gasteiger partial charge in [0, 0.05) is 37.7 Å². The number of carbonyl (C=O) groups excluding carboxylic acids is 1. The van der Waals surface area contributed by atoms with Gasteiger partial charge >= 0.3 is 6.09 Å². The molecule has 2 aliphatic rings. The molecule has 1 aliphatic carbocycles. The molecule has 1 saturated heterocycles. The fourth-order valence-electron chi connectivity index (χ4n) is 2.74. The average molecular weight is 334 g/mol. The Hall–Kier alpha value is -1.82. The zero-order chi connectivity index (χ0) is 17.3. The molecule has 0 N–H and O–H groups in total. The summed E-state index contributed by atoms with van der Waals surface area (Å²) in [6.07, 6.45) is 2.07. The molecule has 1 aromatic heterocycles. The minimum Gasteiger partial charge on any atom is -0.466 e. The van der Waals surface area contributed by atoms with E-state index < -0.39 is 5.60 Å². The minimum absolute atomic E-state index is 0.233. The van der Waals surface area contributed by atoms with Crippen LogP contribution in [0.4, 0.5) is 4.79 Å². The number of hydrogen-bond acceptors (Lipinski definition) is 5. The molecule has 0 radical (unpaired) electrons. The fourth-order valence-corrected chi connectivity index (χ4v) is 2.74. The number of aromatic nitrogens is 1. The number of methoxy groups -OCH3 is 1. The van der Waals surface area contributed by atoms with E-state index in [0.29, 0.717) is 19.0 Å². The lowest BCUT2D eigenvalue weighted by Crippen LogP contribution is -2.50. The molecule has 1 amide bonds. The lowest BCUT2D eigenvalue weighted by atomic mass is 9.95. The third-order valence-electron chi connectivity index (χ3n) is 4.16. The summed E-state index contributed by atoms with van der Waals surface area (Å²) in [6, 6.07) is 3.97. The largest absolute Gasteiger partial charge is 0.466 e. The minimum atomic E-state index is -0.458. The molecule has 0 aromatic carbocycles. The van der Waals surface area contributed by atoms with E-state index in [1.54, 1.807) is 12.0 Å². The Morgan fingerprint density at radius 2 is 1.96 bits per heavy atom. The van der Waals surface area contributed by atoms with Gasteiger partial charge in [-0.05, 0) is 45.7 Å². The number of amides is 1. The fraction of sp³-hybridized carbons (Fsp3) is 0.667. The van der Waals surface area contributed by atoms with Crippen LogP contribution in [0.3, 0.4) is 0 Å². The first-order valence-electron chi connectivity index (χ1n) is 8.48. The van der Waals surface area contributed by atoms with Gasteiger partial charge in [-0.1, -0.05) is 0 Å². The van der Waals surface area contributed by atoms with Gasteiger partial charge in [0.1, 0.15) is 11.4 Å². The Bertz CT molecular complexity index is 602. The monoisotopic (exact) mass is 334 g/mol. The maximum Gasteiger partial charge on any atom is 0.410 e. The van der Waals surface area contributed by atoms with E-state index in [1.807, 2.05) is 32.9 Å². The van der Waals surface area contributed by atoms with Crippen LogP contribution in [0, 0.1) is 0 Å². The Morgan fingerprint density at radius 1 is 1.25 bits per heavy atom. The molecule has 132 valence electrons. The number of nitrogens with zero attached hydrogens (tertiary/aromatic N) is 2. The highest BCUT2D eigenvalue weighted by Gasteiger charge is 2.36. The van der Waals surface area contributed by atoms with E-state index in [1.165, 1.54) is 0 Å². The van der Waals surface area contributed by atoms with Crippen LogP contribution in [0.15, 0.2) is 12.1 Å². The van der Waals surface area contributed by atoms with Gasteiger partial charge in [-0.25, -0.2) is 4.79 Å². The van der Waals surface area contributed by atoms with Crippen molar-refractivity contribution in [2.24, 2.45) is 0 Å². The molecular weight excluding hydrogens is 308 g/mol. The SMILES string of the molecule is COCOc1ccc(C2CN(C(=O)OC(C)(C)C)C2)nc1C1CC1. The molecule has 2 heterocycles. The Kier molecular flexibility index (Phi) is 4.67. The van der Waals surface area contributed by atoms with Gasteiger partial charge in [0.2, 0.25) is 0 Å². The van der Waals surface area contributed by atoms with Gasteiger partial charge in [0.05, 0.1) is 5.69 Å². The second-order valence-electron chi connectivity index (χ2n) is 7.53. The molecule has 0 bridgehead atoms. The predicted octanol–water partition coefficient (Wildman–Crippen LogP) is 3.28. The summed E-state index contributed by atoms with van der Waals surface area (Å²) in [5.41, 5.74) is 1.60. The average Bonchev–Trinajstić information content (AvgIpc) is 3.26. The van der Waals surface area contributed by atoms with Crippen LogP contribution in [0.2, 0.25) is 0 Å². The first-order valence-corrected chi connectivity index (χ1v) is 8.48. The van der Waals surface area contributed by atoms with Crippen molar-refractivity contribution in [3.63, 3.8) is 0 Å². The molecule has 1 aliphatic heterocycles. The van der Waals surface area contributed by atoms with Gasteiger partial charge in [-0.2, -0.15) is 0 Å². The van der Waals surface area contributed by atoms with Crippen molar-refractivity contribution >= 4 is 6.09 Å². The molecule has 6 nitrogen and oxygen atoms in total. The van der Waals surface area contributed by atoms with E-state index in [9.17, 15) is 4.79 Å². The lowest BCUT2D eigenvalue weighted by molar-refractivity contribution is 0.00780. The Balaban J connectivity index is 1.62. The smallest absolute Gasteiger partial charge is 0.410 e. The number of hydrogen-bond donors (Lipinski definition) is 0. The highest BCUT2D eigenvalue weighted by atomic mass is 16.7. The van der Waals surface area contributed by atoms with Crippen molar-refractivity contribution in [1.82, 2.24) is 9.88 Å². The van der Waals surface area contributed by atoms with Crippen molar-refractivity contribution in [1.29, 1.82) is 0 Å². The summed E-state index contributed by atoms with van der Waals surface area (Å²) in [7, 11) is 1.61. The standard InChI is InChI=1S/C18H26N2O4/c1-18(2,3)24-17(21)20-9-13(10-20)14-7-8-15(23-11-22-4)16(19-14)12-5-6-12/h7-8,12-13H,5-6,9-11H2,1-4H3. The Labute approximate surface area is 143 Å². The topological polar surface area (TPSA) is 60.9 Å². The summed E-state index contributed by atoms with van der Waals surface area (Å²) < 4.78 is 16.0. The molecule has 3 rings (SSSR count). The van der Waals surface area contributed by atoms with Crippen LogP contribution in [-0.2, 0) is 9.47 Å². The maximum atomic E-state index is 12.0. The molecule has 0 spiro atoms. The summed E-state index contributed by atoms with van der Waals surface area (Å²) in [5, 5.41) is 0. The second kappa shape index (κ2) is 6.59. The molecule has 0 unspecified atom stereocenters. The number of ether oxygens (including phenoxy) is 3. The van der Waals surface area contributed by atoms with Crippen LogP contribution in [0.5, 0.6) is 5.75 Å². The normalized spacial score (nSPS) is 18.2. The third kappa shape index (κ3) is 3.98. The number of rotatable bonds is 5. The first kappa shape index (κ1) is 17.0. The molecule has 24 heavy (non-hydrogen) atoms. The lowest BCUT2D eigenvalue weighted by Gasteiger charge is -2.39. The van der Waals surface area contributed by atoms with Gasteiger partial charge < -0.3 is 19.1 Å². The summed E-state index contributed by atoms with van der Waals surface area (Å²) in [5.74, 6) is 1.58. The van der Waals surface area contributed by atoms with Crippen LogP contribution in [-0.4, -0.2) is 48.6 Å². The van der Waals surface area contributed by atoms with E-state index in [4.69, 9.17) is 19.2 Å². The van der Waals surface area contributed by atoms with Crippen molar-refractivity contribution in [3.8, 4) is 5.75 Å². The molecule has 0 atom stereocenters. The highest BCUT2D eigenvalue weighted by Crippen LogP contribution is 2.44. The van der Waals surface area contributed by atoms with Gasteiger partial charge in [-0.15, -0.1) is 0 Å². The highest BCUT2D eigenvalue weighted by molar-refractivity contribution is 5.69. The molecular formula is C18H26N2O4. The second-order valence-corrected chi connectivity index (χ2v) is 7.53. The summed E-state index contributed by atoms with van der Waals surface area (Å²) >= 11 is 0. The van der Waals surface area contributed by atoms with Crippen molar-refractivity contribution in [3.05, 3.63) is 23.5 Å². The summed E-state index contributed by atoms with van der Waals surface area (Å²) in [4.78, 5) is 18.6. The van der Waals surface area contributed by atoms with Crippen molar-refractivity contribution in [2.45, 2.75) is 51.0 Å². The number of pyridine rings is 1. The van der Waals surface area contributed by atoms with E-state index in [2.05, 4.69) is 0 Å². The van der Waals surface area contributed by atoms with Crippen LogP contribution in [0.1, 0.15) is 56.8 Å². The van der Waals surface area contributed by atoms with Gasteiger partial charge in [-0.3, -0.25) is 4.98 Å². The van der Waals surface area contributed by atoms with E-state index >= 15 is 0 Å². The molecule has 6 heteroatoms. The van der Waals surface area contributed by atoms with E-state index in [0.717, 1.165) is 30.0 Å². The Morgan fingerprint density at radius 3 is 2.54 bits per heavy atom. The number of carbonyl (C=O) groups is 1. The number of likely N-dealkylation sites (tertiary alicyclic amines) is 1. The molecule has 2 fully saturated rings. The van der Waals surface area contributed by atoms with Crippen molar-refractivity contribution < 1.29 is 19.0 Å². The van der Waals surface area contributed by atoms with Gasteiger partial charge in [0.25, 0.3) is 0 Å².